The van der Waals surface area contributed by atoms with E-state index in [1.807, 2.05) is 0 Å². The molecule has 5 aliphatic rings. The van der Waals surface area contributed by atoms with Crippen molar-refractivity contribution in [2.75, 3.05) is 18.1 Å². The molecule has 5 rings (SSSR count). The average molecular weight is 410 g/mol. The third-order valence-corrected chi connectivity index (χ3v) is 10.6. The van der Waals surface area contributed by atoms with Crippen LogP contribution < -0.4 is 0 Å². The smallest absolute Gasteiger partial charge is 0.229 e. The van der Waals surface area contributed by atoms with Crippen LogP contribution in [0.3, 0.4) is 0 Å². The molecule has 0 spiro atoms. The molecule has 0 N–H and O–H groups in total. The largest absolute Gasteiger partial charge is 0.339 e. The number of nitrogens with zero attached hydrogens (tertiary/aromatic N) is 1. The van der Waals surface area contributed by atoms with E-state index >= 15 is 0 Å². The molecule has 5 heteroatoms. The van der Waals surface area contributed by atoms with Crippen LogP contribution in [0.15, 0.2) is 0 Å². The highest BCUT2D eigenvalue weighted by Crippen LogP contribution is 2.61. The zero-order chi connectivity index (χ0) is 20.4. The van der Waals surface area contributed by atoms with Crippen molar-refractivity contribution in [3.63, 3.8) is 0 Å². The van der Waals surface area contributed by atoms with Gasteiger partial charge in [0.1, 0.15) is 9.84 Å². The zero-order valence-corrected chi connectivity index (χ0v) is 19.2. The summed E-state index contributed by atoms with van der Waals surface area (Å²) in [6.45, 7) is 9.80. The second-order valence-corrected chi connectivity index (χ2v) is 14.4. The normalized spacial score (nSPS) is 42.0. The van der Waals surface area contributed by atoms with E-state index in [4.69, 9.17) is 0 Å². The summed E-state index contributed by atoms with van der Waals surface area (Å²) in [5.41, 5.74) is 0.659. The van der Waals surface area contributed by atoms with E-state index in [1.165, 1.54) is 12.8 Å². The van der Waals surface area contributed by atoms with Gasteiger partial charge in [0, 0.05) is 23.8 Å². The highest BCUT2D eigenvalue weighted by atomic mass is 32.2. The Balaban J connectivity index is 1.44. The second-order valence-electron chi connectivity index (χ2n) is 11.9. The predicted octanol–water partition coefficient (Wildman–Crippen LogP) is 4.58. The van der Waals surface area contributed by atoms with Crippen molar-refractivity contribution in [2.45, 2.75) is 97.9 Å². The maximum absolute atomic E-state index is 13.8. The minimum Gasteiger partial charge on any atom is -0.339 e. The van der Waals surface area contributed by atoms with Crippen molar-refractivity contribution in [2.24, 2.45) is 21.7 Å². The van der Waals surface area contributed by atoms with Gasteiger partial charge in [-0.25, -0.2) is 8.42 Å². The van der Waals surface area contributed by atoms with Gasteiger partial charge in [-0.15, -0.1) is 0 Å². The molecule has 1 amide bonds. The first-order chi connectivity index (χ1) is 12.9. The summed E-state index contributed by atoms with van der Waals surface area (Å²) in [5, 5.41) is 0. The van der Waals surface area contributed by atoms with Gasteiger partial charge in [-0.2, -0.15) is 0 Å². The molecular formula is C23H39NO3S. The molecule has 1 aliphatic heterocycles. The van der Waals surface area contributed by atoms with Gasteiger partial charge in [0.05, 0.1) is 5.75 Å². The number of sulfone groups is 1. The molecule has 28 heavy (non-hydrogen) atoms. The summed E-state index contributed by atoms with van der Waals surface area (Å²) in [5.74, 6) is 1.01. The van der Waals surface area contributed by atoms with Gasteiger partial charge in [0.2, 0.25) is 5.91 Å². The highest BCUT2D eigenvalue weighted by Gasteiger charge is 2.57. The molecule has 160 valence electrons. The van der Waals surface area contributed by atoms with Crippen molar-refractivity contribution in [1.29, 1.82) is 0 Å². The van der Waals surface area contributed by atoms with Gasteiger partial charge in [0.25, 0.3) is 0 Å². The van der Waals surface area contributed by atoms with Crippen LogP contribution in [0.1, 0.15) is 91.9 Å². The van der Waals surface area contributed by atoms with Crippen LogP contribution in [0.5, 0.6) is 0 Å². The summed E-state index contributed by atoms with van der Waals surface area (Å²) in [7, 11) is -2.90. The molecule has 0 aromatic carbocycles. The third-order valence-electron chi connectivity index (χ3n) is 8.91. The van der Waals surface area contributed by atoms with E-state index in [0.717, 1.165) is 57.9 Å². The number of carbonyl (C=O) groups excluding carboxylic acids is 1. The Bertz CT molecular complexity index is 731. The molecule has 1 saturated heterocycles. The molecule has 0 radical (unpaired) electrons. The number of fused-ring (bicyclic) bond motifs is 5. The average Bonchev–Trinajstić information content (AvgIpc) is 2.90. The summed E-state index contributed by atoms with van der Waals surface area (Å²) in [6, 6.07) is 0.430. The SMILES string of the molecule is CCS(=O)(=O)CCC12CCC(C(=O)N3C[C@@]4(C)C[C@@H]3CC(C)(C)C4)(CC1)CC2. The van der Waals surface area contributed by atoms with E-state index in [0.29, 0.717) is 28.5 Å². The number of rotatable bonds is 5. The van der Waals surface area contributed by atoms with Gasteiger partial charge >= 0.3 is 0 Å². The first-order valence-electron chi connectivity index (χ1n) is 11.4. The lowest BCUT2D eigenvalue weighted by Crippen LogP contribution is -2.53. The van der Waals surface area contributed by atoms with Crippen molar-refractivity contribution < 1.29 is 13.2 Å². The second kappa shape index (κ2) is 6.46. The monoisotopic (exact) mass is 409 g/mol. The molecule has 1 heterocycles. The number of likely N-dealkylation sites (tertiary alicyclic amines) is 1. The molecule has 0 unspecified atom stereocenters. The summed E-state index contributed by atoms with van der Waals surface area (Å²) >= 11 is 0. The van der Waals surface area contributed by atoms with E-state index in [-0.39, 0.29) is 16.6 Å². The summed E-state index contributed by atoms with van der Waals surface area (Å²) in [6.07, 6.45) is 10.4. The van der Waals surface area contributed by atoms with Crippen LogP contribution in [0, 0.1) is 21.7 Å². The zero-order valence-electron chi connectivity index (χ0n) is 18.3. The summed E-state index contributed by atoms with van der Waals surface area (Å²) in [4.78, 5) is 16.1. The molecular weight excluding hydrogens is 370 g/mol. The topological polar surface area (TPSA) is 54.5 Å². The number of amides is 1. The highest BCUT2D eigenvalue weighted by molar-refractivity contribution is 7.91. The number of hydrogen-bond acceptors (Lipinski definition) is 3. The van der Waals surface area contributed by atoms with Gasteiger partial charge in [-0.05, 0) is 80.5 Å². The fourth-order valence-electron chi connectivity index (χ4n) is 7.48. The van der Waals surface area contributed by atoms with Gasteiger partial charge < -0.3 is 4.90 Å². The van der Waals surface area contributed by atoms with Crippen LogP contribution in [-0.2, 0) is 14.6 Å². The fraction of sp³-hybridized carbons (Fsp3) is 0.957. The molecule has 2 atom stereocenters. The molecule has 5 fully saturated rings. The maximum Gasteiger partial charge on any atom is 0.229 e. The van der Waals surface area contributed by atoms with Crippen LogP contribution in [0.4, 0.5) is 0 Å². The lowest BCUT2D eigenvalue weighted by atomic mass is 9.52. The van der Waals surface area contributed by atoms with Crippen molar-refractivity contribution in [3.8, 4) is 0 Å². The predicted molar refractivity (Wildman–Crippen MR) is 113 cm³/mol. The van der Waals surface area contributed by atoms with Crippen LogP contribution >= 0.6 is 0 Å². The van der Waals surface area contributed by atoms with Crippen molar-refractivity contribution in [3.05, 3.63) is 0 Å². The lowest BCUT2D eigenvalue weighted by Gasteiger charge is -2.54. The quantitative estimate of drug-likeness (QED) is 0.668. The Kier molecular flexibility index (Phi) is 4.77. The number of carbonyl (C=O) groups is 1. The van der Waals surface area contributed by atoms with Crippen molar-refractivity contribution in [1.82, 2.24) is 4.90 Å². The fourth-order valence-corrected chi connectivity index (χ4v) is 8.51. The molecule has 4 aliphatic carbocycles. The Morgan fingerprint density at radius 3 is 2.18 bits per heavy atom. The molecule has 4 bridgehead atoms. The number of hydrogen-bond donors (Lipinski definition) is 0. The van der Waals surface area contributed by atoms with Gasteiger partial charge in [-0.3, -0.25) is 4.79 Å². The van der Waals surface area contributed by atoms with Crippen LogP contribution in [0.2, 0.25) is 0 Å². The first kappa shape index (κ1) is 20.7. The Morgan fingerprint density at radius 1 is 1.00 bits per heavy atom. The van der Waals surface area contributed by atoms with Crippen LogP contribution in [-0.4, -0.2) is 43.3 Å². The molecule has 4 saturated carbocycles. The first-order valence-corrected chi connectivity index (χ1v) is 13.3. The summed E-state index contributed by atoms with van der Waals surface area (Å²) < 4.78 is 24.0. The molecule has 4 nitrogen and oxygen atoms in total. The lowest BCUT2D eigenvalue weighted by molar-refractivity contribution is -0.153. The molecule has 0 aromatic rings. The third kappa shape index (κ3) is 3.54. The van der Waals surface area contributed by atoms with Crippen molar-refractivity contribution >= 4 is 15.7 Å². The van der Waals surface area contributed by atoms with E-state index in [2.05, 4.69) is 25.7 Å². The minimum atomic E-state index is -2.90. The van der Waals surface area contributed by atoms with E-state index < -0.39 is 9.84 Å². The standard InChI is InChI=1S/C23H39NO3S/c1-5-28(26,27)13-12-22-6-9-23(10-7-22,11-8-22)19(25)24-17-21(4)15-18(24)14-20(2,3)16-21/h18H,5-17H2,1-4H3/t18-,21-,22?,23?/m0/s1. The van der Waals surface area contributed by atoms with E-state index in [1.54, 1.807) is 6.92 Å². The van der Waals surface area contributed by atoms with Crippen LogP contribution in [0.25, 0.3) is 0 Å². The Hall–Kier alpha value is -0.580. The maximum atomic E-state index is 13.8. The van der Waals surface area contributed by atoms with E-state index in [9.17, 15) is 13.2 Å². The Morgan fingerprint density at radius 2 is 1.61 bits per heavy atom. The molecule has 0 aromatic heterocycles. The van der Waals surface area contributed by atoms with Gasteiger partial charge in [-0.1, -0.05) is 27.7 Å². The Labute approximate surface area is 171 Å². The minimum absolute atomic E-state index is 0.149. The van der Waals surface area contributed by atoms with Gasteiger partial charge in [0.15, 0.2) is 0 Å².